The number of hydrogen-bond donors (Lipinski definition) is 1. The molecule has 2 aromatic carbocycles. The van der Waals surface area contributed by atoms with Crippen molar-refractivity contribution >= 4 is 23.5 Å². The Kier molecular flexibility index (Phi) is 5.07. The molecule has 0 saturated heterocycles. The first-order chi connectivity index (χ1) is 14.0. The fraction of sp³-hybridized carbons (Fsp3) is 0.286. The molecule has 1 N–H and O–H groups in total. The van der Waals surface area contributed by atoms with Crippen LogP contribution < -0.4 is 14.8 Å². The predicted molar refractivity (Wildman–Crippen MR) is 101 cm³/mol. The number of carbonyl (C=O) groups excluding carboxylic acids is 3. The molecule has 8 nitrogen and oxygen atoms in total. The summed E-state index contributed by atoms with van der Waals surface area (Å²) in [6, 6.07) is 11.9. The molecule has 2 aliphatic heterocycles. The van der Waals surface area contributed by atoms with Crippen LogP contribution in [0.15, 0.2) is 42.5 Å². The molecule has 0 bridgehead atoms. The lowest BCUT2D eigenvalue weighted by molar-refractivity contribution is -0.162. The quantitative estimate of drug-likeness (QED) is 0.789. The highest BCUT2D eigenvalue weighted by atomic mass is 16.6. The molecule has 0 fully saturated rings. The van der Waals surface area contributed by atoms with Crippen LogP contribution in [0.4, 0.5) is 5.69 Å². The van der Waals surface area contributed by atoms with Gasteiger partial charge in [0.15, 0.2) is 17.6 Å². The molecule has 8 heteroatoms. The maximum Gasteiger partial charge on any atom is 0.348 e. The Morgan fingerprint density at radius 2 is 1.86 bits per heavy atom. The first kappa shape index (κ1) is 18.8. The summed E-state index contributed by atoms with van der Waals surface area (Å²) in [5.41, 5.74) is 1.63. The number of ether oxygens (including phenoxy) is 4. The van der Waals surface area contributed by atoms with Crippen molar-refractivity contribution in [2.75, 3.05) is 18.5 Å². The average Bonchev–Trinajstić information content (AvgIpc) is 2.73. The molecule has 4 rings (SSSR count). The van der Waals surface area contributed by atoms with Crippen LogP contribution in [0, 0.1) is 0 Å². The smallest absolute Gasteiger partial charge is 0.348 e. The van der Waals surface area contributed by atoms with Gasteiger partial charge >= 0.3 is 11.9 Å². The maximum atomic E-state index is 12.4. The van der Waals surface area contributed by atoms with E-state index < -0.39 is 30.1 Å². The summed E-state index contributed by atoms with van der Waals surface area (Å²) in [4.78, 5) is 36.8. The molecule has 0 radical (unpaired) electrons. The molecule has 2 aromatic rings. The second-order valence-corrected chi connectivity index (χ2v) is 6.68. The monoisotopic (exact) mass is 397 g/mol. The summed E-state index contributed by atoms with van der Waals surface area (Å²) < 4.78 is 21.3. The largest absolute Gasteiger partial charge is 0.486 e. The number of carbonyl (C=O) groups is 3. The normalized spacial score (nSPS) is 18.1. The number of cyclic esters (lactones) is 1. The lowest BCUT2D eigenvalue weighted by Gasteiger charge is -2.24. The van der Waals surface area contributed by atoms with Gasteiger partial charge in [0.1, 0.15) is 13.2 Å². The van der Waals surface area contributed by atoms with Gasteiger partial charge in [-0.15, -0.1) is 0 Å². The second-order valence-electron chi connectivity index (χ2n) is 6.68. The molecule has 0 aliphatic carbocycles. The Morgan fingerprint density at radius 1 is 1.10 bits per heavy atom. The number of esters is 2. The molecule has 0 spiro atoms. The van der Waals surface area contributed by atoms with Crippen LogP contribution in [0.3, 0.4) is 0 Å². The van der Waals surface area contributed by atoms with Crippen LogP contribution >= 0.6 is 0 Å². The summed E-state index contributed by atoms with van der Waals surface area (Å²) in [7, 11) is 0. The average molecular weight is 397 g/mol. The van der Waals surface area contributed by atoms with Gasteiger partial charge in [0, 0.05) is 18.2 Å². The van der Waals surface area contributed by atoms with Crippen LogP contribution in [-0.2, 0) is 25.5 Å². The van der Waals surface area contributed by atoms with Gasteiger partial charge < -0.3 is 24.3 Å². The van der Waals surface area contributed by atoms with Crippen LogP contribution in [0.1, 0.15) is 22.8 Å². The number of fused-ring (bicyclic) bond motifs is 2. The van der Waals surface area contributed by atoms with Gasteiger partial charge in [-0.2, -0.15) is 0 Å². The minimum absolute atomic E-state index is 0.206. The zero-order valence-electron chi connectivity index (χ0n) is 15.7. The van der Waals surface area contributed by atoms with E-state index in [1.54, 1.807) is 42.5 Å². The van der Waals surface area contributed by atoms with Crippen LogP contribution in [0.2, 0.25) is 0 Å². The Bertz CT molecular complexity index is 971. The Morgan fingerprint density at radius 3 is 2.69 bits per heavy atom. The van der Waals surface area contributed by atoms with E-state index in [0.29, 0.717) is 41.5 Å². The standard InChI is InChI=1S/C21H19NO7/c1-12(19(23)22-14-6-7-16-17(11-14)27-9-8-26-16)28-21(25)18-10-13-4-2-3-5-15(13)20(24)29-18/h2-7,11-12,18H,8-10H2,1H3,(H,22,23). The van der Waals surface area contributed by atoms with Crippen molar-refractivity contribution in [2.45, 2.75) is 25.6 Å². The molecule has 2 aliphatic rings. The second kappa shape index (κ2) is 7.83. The van der Waals surface area contributed by atoms with Gasteiger partial charge in [0.25, 0.3) is 5.91 Å². The Hall–Kier alpha value is -3.55. The number of amides is 1. The van der Waals surface area contributed by atoms with Crippen molar-refractivity contribution in [2.24, 2.45) is 0 Å². The van der Waals surface area contributed by atoms with E-state index in [4.69, 9.17) is 18.9 Å². The number of benzene rings is 2. The number of hydrogen-bond acceptors (Lipinski definition) is 7. The molecular weight excluding hydrogens is 378 g/mol. The van der Waals surface area contributed by atoms with Crippen molar-refractivity contribution in [3.05, 3.63) is 53.6 Å². The summed E-state index contributed by atoms with van der Waals surface area (Å²) in [6.45, 7) is 2.35. The molecule has 150 valence electrons. The Balaban J connectivity index is 1.36. The van der Waals surface area contributed by atoms with Gasteiger partial charge in [0.2, 0.25) is 6.10 Å². The van der Waals surface area contributed by atoms with Gasteiger partial charge in [-0.1, -0.05) is 18.2 Å². The number of rotatable bonds is 4. The van der Waals surface area contributed by atoms with E-state index in [1.807, 2.05) is 0 Å². The molecule has 29 heavy (non-hydrogen) atoms. The molecule has 1 amide bonds. The van der Waals surface area contributed by atoms with E-state index in [-0.39, 0.29) is 6.42 Å². The Labute approximate surface area is 166 Å². The SMILES string of the molecule is CC(OC(=O)C1Cc2ccccc2C(=O)O1)C(=O)Nc1ccc2c(c1)OCCO2. The van der Waals surface area contributed by atoms with Gasteiger partial charge in [0.05, 0.1) is 5.56 Å². The van der Waals surface area contributed by atoms with Crippen molar-refractivity contribution in [1.82, 2.24) is 0 Å². The lowest BCUT2D eigenvalue weighted by atomic mass is 9.99. The van der Waals surface area contributed by atoms with E-state index in [1.165, 1.54) is 6.92 Å². The van der Waals surface area contributed by atoms with Gasteiger partial charge in [-0.05, 0) is 30.7 Å². The summed E-state index contributed by atoms with van der Waals surface area (Å²) >= 11 is 0. The molecule has 2 atom stereocenters. The molecule has 0 saturated carbocycles. The van der Waals surface area contributed by atoms with Crippen LogP contribution in [-0.4, -0.2) is 43.3 Å². The van der Waals surface area contributed by atoms with Crippen molar-refractivity contribution in [3.63, 3.8) is 0 Å². The van der Waals surface area contributed by atoms with Crippen molar-refractivity contribution in [3.8, 4) is 11.5 Å². The zero-order valence-corrected chi connectivity index (χ0v) is 15.7. The molecular formula is C21H19NO7. The first-order valence-electron chi connectivity index (χ1n) is 9.21. The summed E-state index contributed by atoms with van der Waals surface area (Å²) in [6.07, 6.45) is -1.95. The number of nitrogens with one attached hydrogen (secondary N) is 1. The topological polar surface area (TPSA) is 100 Å². The third-order valence-electron chi connectivity index (χ3n) is 4.63. The molecule has 2 unspecified atom stereocenters. The van der Waals surface area contributed by atoms with E-state index in [0.717, 1.165) is 0 Å². The van der Waals surface area contributed by atoms with Crippen LogP contribution in [0.5, 0.6) is 11.5 Å². The number of anilines is 1. The third-order valence-corrected chi connectivity index (χ3v) is 4.63. The maximum absolute atomic E-state index is 12.4. The highest BCUT2D eigenvalue weighted by Crippen LogP contribution is 2.32. The van der Waals surface area contributed by atoms with E-state index in [2.05, 4.69) is 5.32 Å². The van der Waals surface area contributed by atoms with Crippen molar-refractivity contribution in [1.29, 1.82) is 0 Å². The zero-order chi connectivity index (χ0) is 20.4. The van der Waals surface area contributed by atoms with Crippen LogP contribution in [0.25, 0.3) is 0 Å². The molecule has 0 aromatic heterocycles. The van der Waals surface area contributed by atoms with E-state index in [9.17, 15) is 14.4 Å². The van der Waals surface area contributed by atoms with Gasteiger partial charge in [-0.25, -0.2) is 9.59 Å². The highest BCUT2D eigenvalue weighted by molar-refractivity contribution is 5.97. The third kappa shape index (κ3) is 4.01. The highest BCUT2D eigenvalue weighted by Gasteiger charge is 2.34. The lowest BCUT2D eigenvalue weighted by Crippen LogP contribution is -2.39. The fourth-order valence-corrected chi connectivity index (χ4v) is 3.13. The fourth-order valence-electron chi connectivity index (χ4n) is 3.13. The predicted octanol–water partition coefficient (Wildman–Crippen LogP) is 2.11. The van der Waals surface area contributed by atoms with Gasteiger partial charge in [-0.3, -0.25) is 4.79 Å². The minimum atomic E-state index is -1.08. The molecule has 2 heterocycles. The summed E-state index contributed by atoms with van der Waals surface area (Å²) in [5.74, 6) is -0.725. The van der Waals surface area contributed by atoms with Crippen molar-refractivity contribution < 1.29 is 33.3 Å². The summed E-state index contributed by atoms with van der Waals surface area (Å²) in [5, 5.41) is 2.67. The minimum Gasteiger partial charge on any atom is -0.486 e. The van der Waals surface area contributed by atoms with E-state index >= 15 is 0 Å². The first-order valence-corrected chi connectivity index (χ1v) is 9.21.